The third kappa shape index (κ3) is 3.11. The maximum atomic E-state index is 9.86. The van der Waals surface area contributed by atoms with Crippen LogP contribution >= 0.6 is 0 Å². The van der Waals surface area contributed by atoms with Gasteiger partial charge >= 0.3 is 0 Å². The summed E-state index contributed by atoms with van der Waals surface area (Å²) in [6, 6.07) is 0. The molecule has 6 N–H and O–H groups in total. The van der Waals surface area contributed by atoms with Gasteiger partial charge in [0.15, 0.2) is 6.29 Å². The Balaban J connectivity index is 1.93. The summed E-state index contributed by atoms with van der Waals surface area (Å²) in [4.78, 5) is 0. The van der Waals surface area contributed by atoms with Gasteiger partial charge in [0.25, 0.3) is 0 Å². The molecule has 0 amide bonds. The normalized spacial score (nSPS) is 50.1. The zero-order valence-electron chi connectivity index (χ0n) is 10.6. The molecule has 0 aromatic rings. The lowest BCUT2D eigenvalue weighted by Gasteiger charge is -2.41. The third-order valence-electron chi connectivity index (χ3n) is 3.53. The fourth-order valence-electron chi connectivity index (χ4n) is 2.21. The van der Waals surface area contributed by atoms with Crippen LogP contribution in [0.5, 0.6) is 0 Å². The third-order valence-corrected chi connectivity index (χ3v) is 3.53. The minimum atomic E-state index is -1.49. The summed E-state index contributed by atoms with van der Waals surface area (Å²) >= 11 is 0. The van der Waals surface area contributed by atoms with E-state index in [2.05, 4.69) is 0 Å². The van der Waals surface area contributed by atoms with E-state index < -0.39 is 55.6 Å². The second-order valence-electron chi connectivity index (χ2n) is 4.96. The van der Waals surface area contributed by atoms with Crippen molar-refractivity contribution < 1.29 is 44.8 Å². The number of hydrogen-bond acceptors (Lipinski definition) is 9. The number of rotatable bonds is 3. The molecule has 0 saturated carbocycles. The standard InChI is InChI=1S/C11H20O9/c12-1-5-8(15)9(16)6(3-18-5)20-11-10(17)7(14)4(13)2-19-11/h4-17H,1-3H2/t4-,5-,6+,7+,8-,9-,10-,11?/m1/s1. The molecular weight excluding hydrogens is 276 g/mol. The molecule has 20 heavy (non-hydrogen) atoms. The second kappa shape index (κ2) is 6.60. The summed E-state index contributed by atoms with van der Waals surface area (Å²) in [6.45, 7) is -0.790. The van der Waals surface area contributed by atoms with Crippen LogP contribution in [0.2, 0.25) is 0 Å². The Morgan fingerprint density at radius 3 is 2.20 bits per heavy atom. The van der Waals surface area contributed by atoms with Crippen molar-refractivity contribution in [3.05, 3.63) is 0 Å². The topological polar surface area (TPSA) is 149 Å². The van der Waals surface area contributed by atoms with Gasteiger partial charge in [0.05, 0.1) is 19.8 Å². The van der Waals surface area contributed by atoms with Crippen molar-refractivity contribution >= 4 is 0 Å². The zero-order chi connectivity index (χ0) is 14.9. The summed E-state index contributed by atoms with van der Waals surface area (Å²) in [5, 5.41) is 57.0. The minimum absolute atomic E-state index is 0.116. The van der Waals surface area contributed by atoms with Crippen LogP contribution in [0.15, 0.2) is 0 Å². The first-order valence-corrected chi connectivity index (χ1v) is 6.35. The van der Waals surface area contributed by atoms with E-state index in [9.17, 15) is 25.5 Å². The van der Waals surface area contributed by atoms with E-state index in [4.69, 9.17) is 19.3 Å². The van der Waals surface area contributed by atoms with Crippen molar-refractivity contribution in [1.82, 2.24) is 0 Å². The smallest absolute Gasteiger partial charge is 0.186 e. The van der Waals surface area contributed by atoms with Gasteiger partial charge in [0.1, 0.15) is 42.7 Å². The summed E-state index contributed by atoms with van der Waals surface area (Å²) in [6.07, 6.45) is -9.96. The molecule has 0 aromatic carbocycles. The first kappa shape index (κ1) is 16.0. The molecule has 9 nitrogen and oxygen atoms in total. The minimum Gasteiger partial charge on any atom is -0.394 e. The van der Waals surface area contributed by atoms with Crippen LogP contribution in [0.1, 0.15) is 0 Å². The molecule has 2 heterocycles. The van der Waals surface area contributed by atoms with Gasteiger partial charge in [0.2, 0.25) is 0 Å². The maximum Gasteiger partial charge on any atom is 0.186 e. The van der Waals surface area contributed by atoms with Crippen molar-refractivity contribution in [2.24, 2.45) is 0 Å². The van der Waals surface area contributed by atoms with Gasteiger partial charge in [-0.05, 0) is 0 Å². The Morgan fingerprint density at radius 1 is 0.850 bits per heavy atom. The molecule has 1 unspecified atom stereocenters. The number of ether oxygens (including phenoxy) is 3. The van der Waals surface area contributed by atoms with E-state index in [-0.39, 0.29) is 13.2 Å². The number of hydrogen-bond donors (Lipinski definition) is 6. The lowest BCUT2D eigenvalue weighted by atomic mass is 10.00. The quantitative estimate of drug-likeness (QED) is 0.306. The molecule has 0 aromatic heterocycles. The van der Waals surface area contributed by atoms with Crippen LogP contribution in [0, 0.1) is 0 Å². The molecule has 9 heteroatoms. The molecule has 0 aliphatic carbocycles. The molecule has 0 spiro atoms. The van der Waals surface area contributed by atoms with E-state index in [1.165, 1.54) is 0 Å². The van der Waals surface area contributed by atoms with Crippen LogP contribution in [0.4, 0.5) is 0 Å². The molecule has 0 bridgehead atoms. The van der Waals surface area contributed by atoms with Crippen molar-refractivity contribution in [2.45, 2.75) is 49.0 Å². The van der Waals surface area contributed by atoms with Crippen molar-refractivity contribution in [3.63, 3.8) is 0 Å². The van der Waals surface area contributed by atoms with Crippen molar-refractivity contribution in [2.75, 3.05) is 19.8 Å². The Bertz CT molecular complexity index is 314. The molecule has 118 valence electrons. The average molecular weight is 296 g/mol. The molecule has 2 aliphatic heterocycles. The fourth-order valence-corrected chi connectivity index (χ4v) is 2.21. The summed E-state index contributed by atoms with van der Waals surface area (Å²) in [7, 11) is 0. The van der Waals surface area contributed by atoms with Gasteiger partial charge in [-0.2, -0.15) is 0 Å². The van der Waals surface area contributed by atoms with Crippen molar-refractivity contribution in [3.8, 4) is 0 Å². The zero-order valence-corrected chi connectivity index (χ0v) is 10.6. The molecular formula is C11H20O9. The van der Waals surface area contributed by atoms with Gasteiger partial charge in [-0.15, -0.1) is 0 Å². The van der Waals surface area contributed by atoms with E-state index >= 15 is 0 Å². The highest BCUT2D eigenvalue weighted by molar-refractivity contribution is 4.89. The predicted molar refractivity (Wildman–Crippen MR) is 61.5 cm³/mol. The van der Waals surface area contributed by atoms with Crippen molar-refractivity contribution in [1.29, 1.82) is 0 Å². The maximum absolute atomic E-state index is 9.86. The molecule has 2 saturated heterocycles. The lowest BCUT2D eigenvalue weighted by Crippen LogP contribution is -2.59. The Morgan fingerprint density at radius 2 is 1.55 bits per heavy atom. The molecule has 2 aliphatic rings. The van der Waals surface area contributed by atoms with E-state index in [0.717, 1.165) is 0 Å². The van der Waals surface area contributed by atoms with E-state index in [1.807, 2.05) is 0 Å². The lowest BCUT2D eigenvalue weighted by molar-refractivity contribution is -0.310. The second-order valence-corrected chi connectivity index (χ2v) is 4.96. The van der Waals surface area contributed by atoms with Crippen LogP contribution in [-0.2, 0) is 14.2 Å². The highest BCUT2D eigenvalue weighted by atomic mass is 16.7. The average Bonchev–Trinajstić information content (AvgIpc) is 2.44. The summed E-state index contributed by atoms with van der Waals surface area (Å²) in [5.74, 6) is 0. The Kier molecular flexibility index (Phi) is 5.29. The van der Waals surface area contributed by atoms with E-state index in [1.54, 1.807) is 0 Å². The monoisotopic (exact) mass is 296 g/mol. The van der Waals surface area contributed by atoms with Crippen LogP contribution in [0.3, 0.4) is 0 Å². The molecule has 8 atom stereocenters. The summed E-state index contributed by atoms with van der Waals surface area (Å²) in [5.41, 5.74) is 0. The number of aliphatic hydroxyl groups excluding tert-OH is 6. The van der Waals surface area contributed by atoms with Crippen LogP contribution in [0.25, 0.3) is 0 Å². The van der Waals surface area contributed by atoms with Gasteiger partial charge in [-0.25, -0.2) is 0 Å². The number of aliphatic hydroxyl groups is 6. The SMILES string of the molecule is OC[C@H]1OC[C@H](OC2OC[C@@H](O)[C@H](O)[C@H]2O)[C@@H](O)[C@@H]1O. The summed E-state index contributed by atoms with van der Waals surface area (Å²) < 4.78 is 15.4. The molecule has 0 radical (unpaired) electrons. The van der Waals surface area contributed by atoms with Crippen LogP contribution < -0.4 is 0 Å². The highest BCUT2D eigenvalue weighted by Crippen LogP contribution is 2.23. The van der Waals surface area contributed by atoms with Gasteiger partial charge < -0.3 is 44.8 Å². The van der Waals surface area contributed by atoms with E-state index in [0.29, 0.717) is 0 Å². The van der Waals surface area contributed by atoms with Gasteiger partial charge in [-0.1, -0.05) is 0 Å². The first-order chi connectivity index (χ1) is 9.45. The first-order valence-electron chi connectivity index (χ1n) is 6.35. The highest BCUT2D eigenvalue weighted by Gasteiger charge is 2.44. The molecule has 2 fully saturated rings. The van der Waals surface area contributed by atoms with Gasteiger partial charge in [-0.3, -0.25) is 0 Å². The van der Waals surface area contributed by atoms with Gasteiger partial charge in [0, 0.05) is 0 Å². The predicted octanol–water partition coefficient (Wildman–Crippen LogP) is -4.08. The Labute approximate surface area is 114 Å². The Hall–Kier alpha value is -0.360. The largest absolute Gasteiger partial charge is 0.394 e. The van der Waals surface area contributed by atoms with Crippen LogP contribution in [-0.4, -0.2) is 99.5 Å². The molecule has 2 rings (SSSR count). The fraction of sp³-hybridized carbons (Fsp3) is 1.00.